The van der Waals surface area contributed by atoms with Crippen molar-refractivity contribution < 1.29 is 18.0 Å². The fourth-order valence-corrected chi connectivity index (χ4v) is 3.90. The second-order valence-corrected chi connectivity index (χ2v) is 7.66. The lowest BCUT2D eigenvalue weighted by Gasteiger charge is -2.31. The monoisotopic (exact) mass is 410 g/mol. The number of thioether (sulfide) groups is 1. The van der Waals surface area contributed by atoms with E-state index in [-0.39, 0.29) is 18.3 Å². The molecule has 1 atom stereocenters. The molecular weight excluding hydrogens is 385 g/mol. The second kappa shape index (κ2) is 9.85. The molecule has 1 aromatic carbocycles. The number of carbonyl (C=O) groups excluding carboxylic acids is 1. The van der Waals surface area contributed by atoms with Crippen LogP contribution in [0.5, 0.6) is 0 Å². The zero-order valence-corrected chi connectivity index (χ0v) is 16.4. The number of nitrogens with one attached hydrogen (secondary N) is 1. The minimum atomic E-state index is -4.36. The summed E-state index contributed by atoms with van der Waals surface area (Å²) >= 11 is 1.62. The predicted molar refractivity (Wildman–Crippen MR) is 103 cm³/mol. The quantitative estimate of drug-likeness (QED) is 0.710. The normalized spacial score (nSPS) is 17.4. The molecule has 0 aromatic heterocycles. The lowest BCUT2D eigenvalue weighted by Crippen LogP contribution is -2.46. The molecule has 1 aromatic rings. The van der Waals surface area contributed by atoms with Crippen molar-refractivity contribution in [3.8, 4) is 0 Å². The Kier molecular flexibility index (Phi) is 8.76. The average Bonchev–Trinajstić information content (AvgIpc) is 3.07. The van der Waals surface area contributed by atoms with Gasteiger partial charge in [0.05, 0.1) is 11.6 Å². The van der Waals surface area contributed by atoms with Gasteiger partial charge in [-0.05, 0) is 42.9 Å². The molecule has 3 N–H and O–H groups in total. The third kappa shape index (κ3) is 5.79. The van der Waals surface area contributed by atoms with Crippen LogP contribution in [0.2, 0.25) is 0 Å². The van der Waals surface area contributed by atoms with E-state index in [0.29, 0.717) is 18.5 Å². The van der Waals surface area contributed by atoms with Gasteiger partial charge in [-0.2, -0.15) is 24.9 Å². The predicted octanol–water partition coefficient (Wildman–Crippen LogP) is 4.14. The van der Waals surface area contributed by atoms with E-state index >= 15 is 0 Å². The van der Waals surface area contributed by atoms with Crippen LogP contribution in [-0.4, -0.2) is 30.5 Å². The van der Waals surface area contributed by atoms with Gasteiger partial charge in [0.1, 0.15) is 0 Å². The highest BCUT2D eigenvalue weighted by Crippen LogP contribution is 2.42. The highest BCUT2D eigenvalue weighted by Gasteiger charge is 2.38. The van der Waals surface area contributed by atoms with Gasteiger partial charge in [-0.15, -0.1) is 12.4 Å². The number of hydrogen-bond acceptors (Lipinski definition) is 3. The van der Waals surface area contributed by atoms with Crippen LogP contribution in [0.25, 0.3) is 0 Å². The van der Waals surface area contributed by atoms with Crippen molar-refractivity contribution in [3.05, 3.63) is 35.4 Å². The topological polar surface area (TPSA) is 55.1 Å². The van der Waals surface area contributed by atoms with Crippen LogP contribution in [0.15, 0.2) is 24.3 Å². The number of halogens is 4. The molecule has 0 radical (unpaired) electrons. The van der Waals surface area contributed by atoms with Crippen LogP contribution in [0.4, 0.5) is 13.2 Å². The maximum absolute atomic E-state index is 13.0. The first kappa shape index (κ1) is 23.1. The third-order valence-corrected chi connectivity index (χ3v) is 5.58. The van der Waals surface area contributed by atoms with Crippen molar-refractivity contribution in [2.75, 3.05) is 18.6 Å². The Labute approximate surface area is 163 Å². The van der Waals surface area contributed by atoms with Gasteiger partial charge in [0, 0.05) is 12.0 Å². The summed E-state index contributed by atoms with van der Waals surface area (Å²) in [5.41, 5.74) is 5.45. The fourth-order valence-electron chi connectivity index (χ4n) is 3.41. The number of hydrogen-bond donors (Lipinski definition) is 2. The molecule has 3 nitrogen and oxygen atoms in total. The molecule has 1 amide bonds. The van der Waals surface area contributed by atoms with Gasteiger partial charge in [-0.3, -0.25) is 4.79 Å². The molecule has 1 aliphatic rings. The van der Waals surface area contributed by atoms with E-state index in [0.717, 1.165) is 37.5 Å². The zero-order valence-electron chi connectivity index (χ0n) is 14.8. The fraction of sp³-hybridized carbons (Fsp3) is 0.611. The summed E-state index contributed by atoms with van der Waals surface area (Å²) in [6, 6.07) is 4.92. The van der Waals surface area contributed by atoms with Gasteiger partial charge in [0.2, 0.25) is 5.91 Å². The maximum Gasteiger partial charge on any atom is 0.416 e. The van der Waals surface area contributed by atoms with Crippen molar-refractivity contribution in [2.45, 2.75) is 49.7 Å². The molecule has 0 unspecified atom stereocenters. The Hall–Kier alpha value is -0.920. The average molecular weight is 411 g/mol. The van der Waals surface area contributed by atoms with Crippen LogP contribution in [0.3, 0.4) is 0 Å². The second-order valence-electron chi connectivity index (χ2n) is 6.67. The van der Waals surface area contributed by atoms with Crippen molar-refractivity contribution in [2.24, 2.45) is 5.73 Å². The standard InChI is InChI=1S/C18H25F3N2OS.ClH/c1-25-10-7-15(22)16(24)23-12-17(8-2-3-9-17)13-5-4-6-14(11-13)18(19,20)21;/h4-6,11,15H,2-3,7-10,12,22H2,1H3,(H,23,24);1H/t15-;/m0./s1. The Bertz CT molecular complexity index is 592. The first-order chi connectivity index (χ1) is 11.8. The lowest BCUT2D eigenvalue weighted by atomic mass is 9.78. The molecule has 1 fully saturated rings. The van der Waals surface area contributed by atoms with Crippen LogP contribution in [0, 0.1) is 0 Å². The van der Waals surface area contributed by atoms with Gasteiger partial charge in [0.15, 0.2) is 0 Å². The molecule has 0 aliphatic heterocycles. The van der Waals surface area contributed by atoms with E-state index in [1.807, 2.05) is 6.26 Å². The lowest BCUT2D eigenvalue weighted by molar-refractivity contribution is -0.137. The molecule has 0 spiro atoms. The van der Waals surface area contributed by atoms with E-state index < -0.39 is 23.2 Å². The van der Waals surface area contributed by atoms with Gasteiger partial charge >= 0.3 is 6.18 Å². The summed E-state index contributed by atoms with van der Waals surface area (Å²) in [6.07, 6.45) is 1.62. The number of benzene rings is 1. The van der Waals surface area contributed by atoms with Crippen LogP contribution < -0.4 is 11.1 Å². The molecular formula is C18H26ClF3N2OS. The Balaban J connectivity index is 0.00000338. The molecule has 0 saturated heterocycles. The van der Waals surface area contributed by atoms with E-state index in [9.17, 15) is 18.0 Å². The minimum absolute atomic E-state index is 0. The van der Waals surface area contributed by atoms with Crippen LogP contribution in [-0.2, 0) is 16.4 Å². The van der Waals surface area contributed by atoms with Crippen molar-refractivity contribution in [1.29, 1.82) is 0 Å². The smallest absolute Gasteiger partial charge is 0.354 e. The highest BCUT2D eigenvalue weighted by molar-refractivity contribution is 7.98. The Morgan fingerprint density at radius 2 is 2.00 bits per heavy atom. The molecule has 0 bridgehead atoms. The van der Waals surface area contributed by atoms with Gasteiger partial charge in [-0.25, -0.2) is 0 Å². The number of amides is 1. The van der Waals surface area contributed by atoms with Crippen LogP contribution in [0.1, 0.15) is 43.2 Å². The largest absolute Gasteiger partial charge is 0.416 e. The molecule has 2 rings (SSSR count). The third-order valence-electron chi connectivity index (χ3n) is 4.93. The maximum atomic E-state index is 13.0. The summed E-state index contributed by atoms with van der Waals surface area (Å²) < 4.78 is 39.1. The van der Waals surface area contributed by atoms with Gasteiger partial charge < -0.3 is 11.1 Å². The summed E-state index contributed by atoms with van der Waals surface area (Å²) in [6.45, 7) is 0.333. The first-order valence-electron chi connectivity index (χ1n) is 8.48. The summed E-state index contributed by atoms with van der Waals surface area (Å²) in [4.78, 5) is 12.2. The Morgan fingerprint density at radius 1 is 1.35 bits per heavy atom. The number of alkyl halides is 3. The SMILES string of the molecule is CSCC[C@H](N)C(=O)NCC1(c2cccc(C(F)(F)F)c2)CCCC1.Cl. The molecule has 8 heteroatoms. The van der Waals surface area contributed by atoms with Gasteiger partial charge in [0.25, 0.3) is 0 Å². The van der Waals surface area contributed by atoms with E-state index in [1.165, 1.54) is 12.1 Å². The molecule has 0 heterocycles. The molecule has 1 aliphatic carbocycles. The number of carbonyl (C=O) groups is 1. The minimum Gasteiger partial charge on any atom is -0.354 e. The molecule has 148 valence electrons. The number of rotatable bonds is 7. The molecule has 26 heavy (non-hydrogen) atoms. The van der Waals surface area contributed by atoms with E-state index in [2.05, 4.69) is 5.32 Å². The van der Waals surface area contributed by atoms with Crippen molar-refractivity contribution in [3.63, 3.8) is 0 Å². The van der Waals surface area contributed by atoms with Crippen molar-refractivity contribution >= 4 is 30.1 Å². The highest BCUT2D eigenvalue weighted by atomic mass is 35.5. The summed E-state index contributed by atoms with van der Waals surface area (Å²) in [5.74, 6) is 0.570. The van der Waals surface area contributed by atoms with Crippen LogP contribution >= 0.6 is 24.2 Å². The summed E-state index contributed by atoms with van der Waals surface area (Å²) in [5, 5.41) is 2.88. The van der Waals surface area contributed by atoms with E-state index in [1.54, 1.807) is 17.8 Å². The van der Waals surface area contributed by atoms with Crippen molar-refractivity contribution in [1.82, 2.24) is 5.32 Å². The first-order valence-corrected chi connectivity index (χ1v) is 9.88. The summed E-state index contributed by atoms with van der Waals surface area (Å²) in [7, 11) is 0. The number of nitrogens with two attached hydrogens (primary N) is 1. The molecule has 1 saturated carbocycles. The Morgan fingerprint density at radius 3 is 2.58 bits per heavy atom. The van der Waals surface area contributed by atoms with Gasteiger partial charge in [-0.1, -0.05) is 31.0 Å². The van der Waals surface area contributed by atoms with E-state index in [4.69, 9.17) is 5.73 Å². The zero-order chi connectivity index (χ0) is 18.5.